The lowest BCUT2D eigenvalue weighted by molar-refractivity contribution is -0.137. The van der Waals surface area contributed by atoms with Gasteiger partial charge in [0, 0.05) is 7.11 Å². The minimum Gasteiger partial charge on any atom is -0.481 e. The quantitative estimate of drug-likeness (QED) is 0.761. The van der Waals surface area contributed by atoms with Crippen molar-refractivity contribution in [3.63, 3.8) is 0 Å². The number of aliphatic carboxylic acids is 1. The molecule has 0 fully saturated rings. The number of carbonyl (C=O) groups excluding carboxylic acids is 1. The number of nitrogens with zero attached hydrogens (tertiary/aromatic N) is 1. The van der Waals surface area contributed by atoms with E-state index >= 15 is 0 Å². The molecule has 9 heteroatoms. The van der Waals surface area contributed by atoms with Crippen LogP contribution < -0.4 is 5.32 Å². The van der Waals surface area contributed by atoms with Gasteiger partial charge in [0.2, 0.25) is 0 Å². The second-order valence-corrected chi connectivity index (χ2v) is 6.74. The predicted octanol–water partition coefficient (Wildman–Crippen LogP) is 3.34. The van der Waals surface area contributed by atoms with Crippen molar-refractivity contribution >= 4 is 34.8 Å². The third-order valence-corrected chi connectivity index (χ3v) is 4.78. The van der Waals surface area contributed by atoms with Crippen molar-refractivity contribution in [2.75, 3.05) is 7.11 Å². The van der Waals surface area contributed by atoms with E-state index in [9.17, 15) is 14.0 Å². The first kappa shape index (κ1) is 19.3. The van der Waals surface area contributed by atoms with E-state index in [0.717, 1.165) is 17.4 Å². The van der Waals surface area contributed by atoms with Crippen molar-refractivity contribution in [1.29, 1.82) is 0 Å². The van der Waals surface area contributed by atoms with Crippen LogP contribution in [0.4, 0.5) is 4.39 Å². The fourth-order valence-electron chi connectivity index (χ4n) is 2.23. The summed E-state index contributed by atoms with van der Waals surface area (Å²) in [7, 11) is 1.52. The second kappa shape index (κ2) is 8.37. The van der Waals surface area contributed by atoms with Gasteiger partial charge < -0.3 is 15.2 Å². The summed E-state index contributed by atoms with van der Waals surface area (Å²) in [6, 6.07) is 3.02. The number of carbonyl (C=O) groups is 2. The molecule has 1 unspecified atom stereocenters. The number of carboxylic acid groups (broad SMARTS) is 1. The summed E-state index contributed by atoms with van der Waals surface area (Å²) in [5.41, 5.74) is 0.836. The van der Waals surface area contributed by atoms with Gasteiger partial charge in [-0.3, -0.25) is 9.59 Å². The summed E-state index contributed by atoms with van der Waals surface area (Å²) >= 11 is 6.81. The van der Waals surface area contributed by atoms with Gasteiger partial charge in [-0.25, -0.2) is 9.37 Å². The summed E-state index contributed by atoms with van der Waals surface area (Å²) in [6.07, 6.45) is -0.393. The van der Waals surface area contributed by atoms with E-state index in [2.05, 4.69) is 10.3 Å². The minimum atomic E-state index is -1.12. The van der Waals surface area contributed by atoms with Crippen molar-refractivity contribution in [1.82, 2.24) is 10.3 Å². The summed E-state index contributed by atoms with van der Waals surface area (Å²) in [6.45, 7) is 1.96. The Kier molecular flexibility index (Phi) is 6.46. The Balaban J connectivity index is 2.25. The molecule has 1 aromatic carbocycles. The summed E-state index contributed by atoms with van der Waals surface area (Å²) in [5, 5.41) is 12.3. The first-order chi connectivity index (χ1) is 11.8. The van der Waals surface area contributed by atoms with E-state index in [4.69, 9.17) is 21.4 Å². The van der Waals surface area contributed by atoms with Crippen LogP contribution in [0.3, 0.4) is 0 Å². The van der Waals surface area contributed by atoms with Crippen LogP contribution >= 0.6 is 22.9 Å². The van der Waals surface area contributed by atoms with Crippen molar-refractivity contribution in [2.45, 2.75) is 26.0 Å². The maximum atomic E-state index is 13.7. The van der Waals surface area contributed by atoms with Gasteiger partial charge in [0.25, 0.3) is 5.91 Å². The fourth-order valence-corrected chi connectivity index (χ4v) is 3.29. The van der Waals surface area contributed by atoms with E-state index in [-0.39, 0.29) is 11.6 Å². The normalized spacial score (nSPS) is 12.0. The Bertz CT molecular complexity index is 796. The molecule has 2 rings (SSSR count). The van der Waals surface area contributed by atoms with Crippen LogP contribution in [0.1, 0.15) is 38.4 Å². The molecule has 1 heterocycles. The van der Waals surface area contributed by atoms with Gasteiger partial charge in [-0.15, -0.1) is 11.3 Å². The molecular formula is C16H16ClFN2O4S. The number of ether oxygens (including phenoxy) is 1. The fraction of sp³-hybridized carbons (Fsp3) is 0.312. The predicted molar refractivity (Wildman–Crippen MR) is 91.4 cm³/mol. The van der Waals surface area contributed by atoms with Gasteiger partial charge in [-0.05, 0) is 24.6 Å². The Hall–Kier alpha value is -2.03. The van der Waals surface area contributed by atoms with Gasteiger partial charge >= 0.3 is 5.97 Å². The molecule has 0 saturated heterocycles. The number of hydrogen-bond acceptors (Lipinski definition) is 5. The Morgan fingerprint density at radius 1 is 1.48 bits per heavy atom. The van der Waals surface area contributed by atoms with Crippen LogP contribution in [-0.4, -0.2) is 29.1 Å². The lowest BCUT2D eigenvalue weighted by atomic mass is 10.0. The van der Waals surface area contributed by atoms with Crippen LogP contribution in [-0.2, 0) is 16.1 Å². The minimum absolute atomic E-state index is 0.0772. The van der Waals surface area contributed by atoms with Gasteiger partial charge in [0.1, 0.15) is 15.7 Å². The molecule has 1 atom stereocenters. The number of methoxy groups -OCH3 is 1. The van der Waals surface area contributed by atoms with Crippen LogP contribution in [0.2, 0.25) is 5.02 Å². The van der Waals surface area contributed by atoms with Gasteiger partial charge in [-0.2, -0.15) is 0 Å². The van der Waals surface area contributed by atoms with Crippen LogP contribution in [0.5, 0.6) is 0 Å². The number of amides is 1. The number of thiazole rings is 1. The van der Waals surface area contributed by atoms with E-state index in [0.29, 0.717) is 21.1 Å². The monoisotopic (exact) mass is 386 g/mol. The molecule has 0 aliphatic heterocycles. The molecule has 0 aliphatic rings. The van der Waals surface area contributed by atoms with E-state index in [1.807, 2.05) is 0 Å². The van der Waals surface area contributed by atoms with Crippen molar-refractivity contribution in [2.24, 2.45) is 0 Å². The zero-order valence-corrected chi connectivity index (χ0v) is 15.1. The average Bonchev–Trinajstić information content (AvgIpc) is 2.90. The van der Waals surface area contributed by atoms with Gasteiger partial charge in [0.05, 0.1) is 29.8 Å². The molecule has 1 amide bonds. The molecule has 2 aromatic rings. The highest BCUT2D eigenvalue weighted by atomic mass is 35.5. The molecule has 25 heavy (non-hydrogen) atoms. The topological polar surface area (TPSA) is 88.5 Å². The SMILES string of the molecule is COCc1nc(C)c(C(=O)NC(CC(=O)O)c2ccc(Cl)c(F)c2)s1. The number of nitrogens with one attached hydrogen (secondary N) is 1. The van der Waals surface area contributed by atoms with Crippen molar-refractivity contribution < 1.29 is 23.8 Å². The highest BCUT2D eigenvalue weighted by Crippen LogP contribution is 2.25. The maximum Gasteiger partial charge on any atom is 0.305 e. The number of rotatable bonds is 7. The summed E-state index contributed by atoms with van der Waals surface area (Å²) < 4.78 is 18.7. The van der Waals surface area contributed by atoms with Crippen molar-refractivity contribution in [3.05, 3.63) is 50.2 Å². The third kappa shape index (κ3) is 4.97. The first-order valence-electron chi connectivity index (χ1n) is 7.24. The van der Waals surface area contributed by atoms with Gasteiger partial charge in [0.15, 0.2) is 0 Å². The molecule has 0 aliphatic carbocycles. The highest BCUT2D eigenvalue weighted by molar-refractivity contribution is 7.13. The lowest BCUT2D eigenvalue weighted by Crippen LogP contribution is -2.30. The average molecular weight is 387 g/mol. The molecular weight excluding hydrogens is 371 g/mol. The molecule has 2 N–H and O–H groups in total. The molecule has 134 valence electrons. The van der Waals surface area contributed by atoms with Crippen molar-refractivity contribution in [3.8, 4) is 0 Å². The zero-order valence-electron chi connectivity index (χ0n) is 13.5. The maximum absolute atomic E-state index is 13.7. The van der Waals surface area contributed by atoms with Crippen LogP contribution in [0, 0.1) is 12.7 Å². The number of aromatic nitrogens is 1. The van der Waals surface area contributed by atoms with Crippen LogP contribution in [0.25, 0.3) is 0 Å². The zero-order chi connectivity index (χ0) is 18.6. The molecule has 6 nitrogen and oxygen atoms in total. The third-order valence-electron chi connectivity index (χ3n) is 3.35. The molecule has 1 aromatic heterocycles. The van der Waals surface area contributed by atoms with E-state index in [1.54, 1.807) is 6.92 Å². The lowest BCUT2D eigenvalue weighted by Gasteiger charge is -2.17. The number of aryl methyl sites for hydroxylation is 1. The summed E-state index contributed by atoms with van der Waals surface area (Å²) in [5.74, 6) is -2.28. The first-order valence-corrected chi connectivity index (χ1v) is 8.44. The standard InChI is InChI=1S/C16H16ClFN2O4S/c1-8-15(25-13(19-8)7-24-2)16(23)20-12(6-14(21)22)9-3-4-10(17)11(18)5-9/h3-5,12H,6-7H2,1-2H3,(H,20,23)(H,21,22). The molecule has 0 saturated carbocycles. The second-order valence-electron chi connectivity index (χ2n) is 5.25. The number of hydrogen-bond donors (Lipinski definition) is 2. The Morgan fingerprint density at radius 2 is 2.20 bits per heavy atom. The van der Waals surface area contributed by atoms with E-state index < -0.39 is 30.2 Å². The number of halogens is 2. The Labute approximate surface area is 152 Å². The van der Waals surface area contributed by atoms with Gasteiger partial charge in [-0.1, -0.05) is 17.7 Å². The van der Waals surface area contributed by atoms with Crippen LogP contribution in [0.15, 0.2) is 18.2 Å². The smallest absolute Gasteiger partial charge is 0.305 e. The number of carboxylic acids is 1. The molecule has 0 spiro atoms. The highest BCUT2D eigenvalue weighted by Gasteiger charge is 2.23. The Morgan fingerprint density at radius 3 is 2.80 bits per heavy atom. The largest absolute Gasteiger partial charge is 0.481 e. The molecule has 0 bridgehead atoms. The molecule has 0 radical (unpaired) electrons. The van der Waals surface area contributed by atoms with E-state index in [1.165, 1.54) is 19.2 Å². The summed E-state index contributed by atoms with van der Waals surface area (Å²) in [4.78, 5) is 28.2. The number of benzene rings is 1.